The normalized spacial score (nSPS) is 16.2. The molecule has 0 amide bonds. The van der Waals surface area contributed by atoms with E-state index in [4.69, 9.17) is 4.42 Å². The highest BCUT2D eigenvalue weighted by molar-refractivity contribution is 7.21. The minimum absolute atomic E-state index is 0.213. The highest BCUT2D eigenvalue weighted by Gasteiger charge is 2.53. The van der Waals surface area contributed by atoms with Crippen LogP contribution in [0.4, 0.5) is 17.1 Å². The molecule has 0 bridgehead atoms. The molecule has 0 N–H and O–H groups in total. The molecule has 0 saturated heterocycles. The molecule has 4 heteroatoms. The quantitative estimate of drug-likeness (QED) is 0.175. The third-order valence-electron chi connectivity index (χ3n) is 17.6. The Morgan fingerprint density at radius 1 is 0.408 bits per heavy atom. The number of nitrogens with zero attached hydrogens (tertiary/aromatic N) is 1. The molecule has 0 atom stereocenters. The van der Waals surface area contributed by atoms with E-state index in [1.54, 1.807) is 0 Å². The van der Waals surface area contributed by atoms with Crippen LogP contribution in [0, 0.1) is 0 Å². The van der Waals surface area contributed by atoms with Gasteiger partial charge in [-0.2, -0.15) is 0 Å². The van der Waals surface area contributed by atoms with Gasteiger partial charge in [-0.05, 0) is 154 Å². The van der Waals surface area contributed by atoms with Crippen LogP contribution >= 0.6 is 22.7 Å². The number of thiophene rings is 2. The Morgan fingerprint density at radius 2 is 1.04 bits per heavy atom. The Morgan fingerprint density at radius 3 is 1.79 bits per heavy atom. The minimum Gasteiger partial charge on any atom is -0.453 e. The summed E-state index contributed by atoms with van der Waals surface area (Å²) in [6, 6.07) is 72.0. The number of fused-ring (bicyclic) bond motifs is 18. The Labute approximate surface area is 419 Å². The summed E-state index contributed by atoms with van der Waals surface area (Å²) in [4.78, 5) is 5.36. The first-order valence-electron chi connectivity index (χ1n) is 25.0. The lowest BCUT2D eigenvalue weighted by molar-refractivity contribution is 0.657. The summed E-state index contributed by atoms with van der Waals surface area (Å²) in [5.74, 6) is 0. The molecule has 0 radical (unpaired) electrons. The number of para-hydroxylation sites is 2. The van der Waals surface area contributed by atoms with Gasteiger partial charge in [0.05, 0.1) is 27.9 Å². The Bertz CT molecular complexity index is 4250. The molecule has 71 heavy (non-hydrogen) atoms. The fourth-order valence-electron chi connectivity index (χ4n) is 14.8. The van der Waals surface area contributed by atoms with E-state index in [9.17, 15) is 0 Å². The lowest BCUT2D eigenvalue weighted by Gasteiger charge is -2.47. The zero-order valence-corrected chi connectivity index (χ0v) is 40.8. The molecule has 5 aliphatic rings. The summed E-state index contributed by atoms with van der Waals surface area (Å²) in [7, 11) is 0. The van der Waals surface area contributed by atoms with Crippen LogP contribution in [0.2, 0.25) is 0 Å². The van der Waals surface area contributed by atoms with Gasteiger partial charge >= 0.3 is 0 Å². The summed E-state index contributed by atoms with van der Waals surface area (Å²) in [6.07, 6.45) is 2.17. The van der Waals surface area contributed by atoms with Crippen LogP contribution in [0.1, 0.15) is 80.6 Å². The van der Waals surface area contributed by atoms with Gasteiger partial charge in [-0.15, -0.1) is 22.7 Å². The average molecular weight is 942 g/mol. The predicted octanol–water partition coefficient (Wildman–Crippen LogP) is 17.8. The van der Waals surface area contributed by atoms with Crippen molar-refractivity contribution in [2.75, 3.05) is 4.90 Å². The van der Waals surface area contributed by atoms with Crippen molar-refractivity contribution in [3.63, 3.8) is 0 Å². The fourth-order valence-corrected chi connectivity index (χ4v) is 16.9. The lowest BCUT2D eigenvalue weighted by Crippen LogP contribution is -2.38. The van der Waals surface area contributed by atoms with Gasteiger partial charge < -0.3 is 9.32 Å². The van der Waals surface area contributed by atoms with Crippen molar-refractivity contribution < 1.29 is 4.42 Å². The first-order valence-corrected chi connectivity index (χ1v) is 26.8. The van der Waals surface area contributed by atoms with Crippen molar-refractivity contribution >= 4 is 72.4 Å². The second-order valence-corrected chi connectivity index (χ2v) is 22.7. The zero-order chi connectivity index (χ0) is 46.5. The monoisotopic (exact) mass is 941 g/mol. The standard InChI is InChI=1S/C67H43NOS2/c1-65(2)47-20-10-9-18-42(47)46-36-54-57(37-53(46)65)68(55-22-12-11-21-48(55)66(54,40-14-5-3-6-15-40)41-16-7-4-8-17-41)56-23-13-19-43-44-29-31-50-60(62(44)69-61(43)56)45-28-26-38-24-25-39-27-30-49(59(45)58(38)39)67(50)51-32-34-70-63(51)64-52(67)33-35-71-64/h3-23,26-37H,24-25H2,1-2H3. The first kappa shape index (κ1) is 39.0. The molecule has 2 nitrogen and oxygen atoms in total. The summed E-state index contributed by atoms with van der Waals surface area (Å²) in [5, 5.41) is 9.76. The van der Waals surface area contributed by atoms with Gasteiger partial charge in [-0.3, -0.25) is 0 Å². The number of anilines is 3. The zero-order valence-electron chi connectivity index (χ0n) is 39.1. The summed E-state index contributed by atoms with van der Waals surface area (Å²) in [6.45, 7) is 4.80. The summed E-state index contributed by atoms with van der Waals surface area (Å²) in [5.41, 5.74) is 25.2. The molecule has 1 spiro atoms. The summed E-state index contributed by atoms with van der Waals surface area (Å²) >= 11 is 3.77. The molecule has 9 aromatic carbocycles. The van der Waals surface area contributed by atoms with E-state index < -0.39 is 10.8 Å². The SMILES string of the molecule is CC1(C)c2ccccc2-c2cc3c(cc21)N(c1cccc2c1oc1c4c(ccc12)C1(c2ccsc2-c2sccc21)c1ccc2c5c(ccc-4c15)CC2)c1ccccc1C3(c1ccccc1)c1ccccc1. The van der Waals surface area contributed by atoms with Crippen LogP contribution in [0.15, 0.2) is 203 Å². The molecule has 334 valence electrons. The number of rotatable bonds is 3. The smallest absolute Gasteiger partial charge is 0.159 e. The molecule has 0 unspecified atom stereocenters. The molecule has 0 fully saturated rings. The van der Waals surface area contributed by atoms with E-state index in [-0.39, 0.29) is 5.41 Å². The van der Waals surface area contributed by atoms with Crippen LogP contribution in [-0.4, -0.2) is 0 Å². The van der Waals surface area contributed by atoms with Crippen LogP contribution in [0.25, 0.3) is 64.7 Å². The molecular formula is C67H43NOS2. The van der Waals surface area contributed by atoms with Gasteiger partial charge in [0.25, 0.3) is 0 Å². The van der Waals surface area contributed by atoms with Crippen molar-refractivity contribution in [3.05, 3.63) is 266 Å². The molecule has 17 rings (SSSR count). The molecule has 4 heterocycles. The maximum absolute atomic E-state index is 7.80. The van der Waals surface area contributed by atoms with Crippen LogP contribution in [0.3, 0.4) is 0 Å². The third-order valence-corrected chi connectivity index (χ3v) is 19.6. The molecule has 4 aliphatic carbocycles. The van der Waals surface area contributed by atoms with Crippen molar-refractivity contribution in [3.8, 4) is 32.0 Å². The number of hydrogen-bond acceptors (Lipinski definition) is 4. The molecule has 3 aromatic heterocycles. The van der Waals surface area contributed by atoms with Crippen molar-refractivity contribution in [1.82, 2.24) is 0 Å². The van der Waals surface area contributed by atoms with E-state index in [0.29, 0.717) is 0 Å². The van der Waals surface area contributed by atoms with Gasteiger partial charge in [-0.25, -0.2) is 0 Å². The lowest BCUT2D eigenvalue weighted by atomic mass is 9.61. The Kier molecular flexibility index (Phi) is 7.33. The second-order valence-electron chi connectivity index (χ2n) is 20.9. The van der Waals surface area contributed by atoms with Gasteiger partial charge in [0.1, 0.15) is 5.58 Å². The number of benzene rings is 9. The van der Waals surface area contributed by atoms with Gasteiger partial charge in [0.2, 0.25) is 0 Å². The van der Waals surface area contributed by atoms with E-state index in [0.717, 1.165) is 46.2 Å². The highest BCUT2D eigenvalue weighted by atomic mass is 32.1. The number of furan rings is 1. The number of aryl methyl sites for hydroxylation is 2. The van der Waals surface area contributed by atoms with Crippen molar-refractivity contribution in [2.24, 2.45) is 0 Å². The van der Waals surface area contributed by atoms with Crippen LogP contribution in [0.5, 0.6) is 0 Å². The van der Waals surface area contributed by atoms with Crippen molar-refractivity contribution in [2.45, 2.75) is 42.9 Å². The minimum atomic E-state index is -0.632. The average Bonchev–Trinajstić information content (AvgIpc) is 4.30. The number of hydrogen-bond donors (Lipinski definition) is 0. The molecule has 1 aliphatic heterocycles. The maximum Gasteiger partial charge on any atom is 0.159 e. The topological polar surface area (TPSA) is 16.4 Å². The highest BCUT2D eigenvalue weighted by Crippen LogP contribution is 2.67. The van der Waals surface area contributed by atoms with E-state index >= 15 is 0 Å². The first-order chi connectivity index (χ1) is 35.0. The van der Waals surface area contributed by atoms with Gasteiger partial charge in [0.15, 0.2) is 5.58 Å². The predicted molar refractivity (Wildman–Crippen MR) is 295 cm³/mol. The third kappa shape index (κ3) is 4.49. The Balaban J connectivity index is 0.996. The van der Waals surface area contributed by atoms with E-state index in [1.807, 2.05) is 22.7 Å². The second kappa shape index (κ2) is 13.3. The molecule has 0 saturated carbocycles. The molecule has 12 aromatic rings. The van der Waals surface area contributed by atoms with Crippen LogP contribution in [-0.2, 0) is 29.1 Å². The van der Waals surface area contributed by atoms with Crippen molar-refractivity contribution in [1.29, 1.82) is 0 Å². The van der Waals surface area contributed by atoms with Gasteiger partial charge in [0, 0.05) is 31.5 Å². The van der Waals surface area contributed by atoms with E-state index in [1.165, 1.54) is 115 Å². The fraction of sp³-hybridized carbons (Fsp3) is 0.104. The Hall–Kier alpha value is -7.76. The molecular weight excluding hydrogens is 899 g/mol. The van der Waals surface area contributed by atoms with E-state index in [2.05, 4.69) is 218 Å². The van der Waals surface area contributed by atoms with Crippen LogP contribution < -0.4 is 4.90 Å². The maximum atomic E-state index is 7.80. The largest absolute Gasteiger partial charge is 0.453 e. The summed E-state index contributed by atoms with van der Waals surface area (Å²) < 4.78 is 7.80. The van der Waals surface area contributed by atoms with Gasteiger partial charge in [-0.1, -0.05) is 166 Å².